The predicted octanol–water partition coefficient (Wildman–Crippen LogP) is 6.73. The maximum absolute atomic E-state index is 6.42. The average Bonchev–Trinajstić information content (AvgIpc) is 2.50. The van der Waals surface area contributed by atoms with Gasteiger partial charge in [-0.25, -0.2) is 0 Å². The molecule has 1 atom stereocenters. The van der Waals surface area contributed by atoms with Crippen molar-refractivity contribution in [3.05, 3.63) is 28.8 Å². The molecule has 0 aliphatic heterocycles. The van der Waals surface area contributed by atoms with E-state index in [9.17, 15) is 0 Å². The van der Waals surface area contributed by atoms with Crippen LogP contribution in [-0.2, 0) is 5.41 Å². The Labute approximate surface area is 138 Å². The van der Waals surface area contributed by atoms with E-state index in [1.54, 1.807) is 0 Å². The summed E-state index contributed by atoms with van der Waals surface area (Å²) in [4.78, 5) is 0. The molecule has 1 aromatic rings. The highest BCUT2D eigenvalue weighted by Crippen LogP contribution is 2.38. The van der Waals surface area contributed by atoms with Crippen LogP contribution in [0.25, 0.3) is 0 Å². The minimum absolute atomic E-state index is 0.0610. The van der Waals surface area contributed by atoms with Gasteiger partial charge in [0.25, 0.3) is 0 Å². The van der Waals surface area contributed by atoms with E-state index in [4.69, 9.17) is 4.74 Å². The number of hydrogen-bond donors (Lipinski definition) is 0. The molecule has 22 heavy (non-hydrogen) atoms. The molecule has 0 bridgehead atoms. The Morgan fingerprint density at radius 3 is 1.73 bits per heavy atom. The van der Waals surface area contributed by atoms with Crippen LogP contribution in [0.3, 0.4) is 0 Å². The van der Waals surface area contributed by atoms with Gasteiger partial charge in [0, 0.05) is 0 Å². The standard InChI is InChI=1S/C21H36O/c1-9-13-20(7,10-2)18-14-16(5)19(17(6)15-18)22-21(8,11-3)12-4/h14-15H,9-13H2,1-8H3. The molecule has 1 aromatic carbocycles. The van der Waals surface area contributed by atoms with Gasteiger partial charge in [-0.3, -0.25) is 0 Å². The molecule has 1 heteroatoms. The maximum atomic E-state index is 6.42. The third kappa shape index (κ3) is 4.06. The Kier molecular flexibility index (Phi) is 6.52. The van der Waals surface area contributed by atoms with Crippen LogP contribution in [0, 0.1) is 13.8 Å². The molecule has 0 N–H and O–H groups in total. The van der Waals surface area contributed by atoms with Gasteiger partial charge < -0.3 is 4.74 Å². The lowest BCUT2D eigenvalue weighted by Gasteiger charge is -2.33. The summed E-state index contributed by atoms with van der Waals surface area (Å²) in [5.41, 5.74) is 4.24. The quantitative estimate of drug-likeness (QED) is 0.517. The van der Waals surface area contributed by atoms with Gasteiger partial charge in [0.05, 0.1) is 0 Å². The van der Waals surface area contributed by atoms with Gasteiger partial charge in [-0.1, -0.05) is 53.2 Å². The predicted molar refractivity (Wildman–Crippen MR) is 98.1 cm³/mol. The maximum Gasteiger partial charge on any atom is 0.125 e. The molecular weight excluding hydrogens is 268 g/mol. The van der Waals surface area contributed by atoms with Crippen LogP contribution >= 0.6 is 0 Å². The van der Waals surface area contributed by atoms with Crippen molar-refractivity contribution in [1.29, 1.82) is 0 Å². The smallest absolute Gasteiger partial charge is 0.125 e. The fraction of sp³-hybridized carbons (Fsp3) is 0.714. The van der Waals surface area contributed by atoms with E-state index in [2.05, 4.69) is 67.5 Å². The fourth-order valence-electron chi connectivity index (χ4n) is 3.18. The summed E-state index contributed by atoms with van der Waals surface area (Å²) in [5, 5.41) is 0. The van der Waals surface area contributed by atoms with Gasteiger partial charge in [0.15, 0.2) is 0 Å². The second kappa shape index (κ2) is 7.53. The van der Waals surface area contributed by atoms with Crippen LogP contribution < -0.4 is 4.74 Å². The van der Waals surface area contributed by atoms with Crippen LogP contribution in [0.1, 0.15) is 90.3 Å². The zero-order valence-electron chi connectivity index (χ0n) is 16.1. The Balaban J connectivity index is 3.22. The number of aryl methyl sites for hydroxylation is 2. The second-order valence-electron chi connectivity index (χ2n) is 7.36. The number of ether oxygens (including phenoxy) is 1. The van der Waals surface area contributed by atoms with Crippen molar-refractivity contribution < 1.29 is 4.74 Å². The third-order valence-corrected chi connectivity index (χ3v) is 5.58. The highest BCUT2D eigenvalue weighted by molar-refractivity contribution is 5.46. The molecule has 0 aromatic heterocycles. The Hall–Kier alpha value is -0.980. The first kappa shape index (κ1) is 19.1. The monoisotopic (exact) mass is 304 g/mol. The van der Waals surface area contributed by atoms with Gasteiger partial charge in [-0.15, -0.1) is 0 Å². The van der Waals surface area contributed by atoms with E-state index in [1.807, 2.05) is 0 Å². The molecule has 0 heterocycles. The van der Waals surface area contributed by atoms with Crippen LogP contribution in [0.5, 0.6) is 5.75 Å². The van der Waals surface area contributed by atoms with Crippen LogP contribution in [0.15, 0.2) is 12.1 Å². The van der Waals surface area contributed by atoms with Gasteiger partial charge in [0.1, 0.15) is 11.4 Å². The highest BCUT2D eigenvalue weighted by atomic mass is 16.5. The van der Waals surface area contributed by atoms with Crippen molar-refractivity contribution in [2.45, 2.75) is 98.5 Å². The lowest BCUT2D eigenvalue weighted by atomic mass is 9.75. The molecular formula is C21H36O. The molecule has 0 aliphatic rings. The highest BCUT2D eigenvalue weighted by Gasteiger charge is 2.27. The van der Waals surface area contributed by atoms with Crippen LogP contribution in [0.2, 0.25) is 0 Å². The molecule has 0 fully saturated rings. The summed E-state index contributed by atoms with van der Waals surface area (Å²) in [5.74, 6) is 1.09. The number of hydrogen-bond acceptors (Lipinski definition) is 1. The molecule has 1 unspecified atom stereocenters. The summed E-state index contributed by atoms with van der Waals surface area (Å²) >= 11 is 0. The summed E-state index contributed by atoms with van der Waals surface area (Å²) in [7, 11) is 0. The summed E-state index contributed by atoms with van der Waals surface area (Å²) in [6.45, 7) is 18.0. The Morgan fingerprint density at radius 1 is 0.864 bits per heavy atom. The van der Waals surface area contributed by atoms with E-state index in [1.165, 1.54) is 36.0 Å². The first-order valence-electron chi connectivity index (χ1n) is 9.06. The summed E-state index contributed by atoms with van der Waals surface area (Å²) in [6, 6.07) is 4.71. The van der Waals surface area contributed by atoms with E-state index >= 15 is 0 Å². The van der Waals surface area contributed by atoms with Crippen LogP contribution in [-0.4, -0.2) is 5.60 Å². The topological polar surface area (TPSA) is 9.23 Å². The van der Waals surface area contributed by atoms with Crippen molar-refractivity contribution in [2.75, 3.05) is 0 Å². The largest absolute Gasteiger partial charge is 0.487 e. The van der Waals surface area contributed by atoms with Gasteiger partial charge in [-0.2, -0.15) is 0 Å². The van der Waals surface area contributed by atoms with Crippen molar-refractivity contribution in [3.8, 4) is 5.75 Å². The van der Waals surface area contributed by atoms with Crippen LogP contribution in [0.4, 0.5) is 0 Å². The molecule has 0 aliphatic carbocycles. The van der Waals surface area contributed by atoms with Crippen molar-refractivity contribution >= 4 is 0 Å². The van der Waals surface area contributed by atoms with Gasteiger partial charge in [-0.05, 0) is 68.6 Å². The second-order valence-corrected chi connectivity index (χ2v) is 7.36. The van der Waals surface area contributed by atoms with E-state index in [0.29, 0.717) is 0 Å². The first-order valence-corrected chi connectivity index (χ1v) is 9.06. The third-order valence-electron chi connectivity index (χ3n) is 5.58. The lowest BCUT2D eigenvalue weighted by molar-refractivity contribution is 0.0785. The zero-order chi connectivity index (χ0) is 17.0. The molecule has 0 saturated carbocycles. The van der Waals surface area contributed by atoms with Crippen molar-refractivity contribution in [2.24, 2.45) is 0 Å². The molecule has 0 radical (unpaired) electrons. The minimum atomic E-state index is -0.0610. The molecule has 126 valence electrons. The average molecular weight is 305 g/mol. The normalized spacial score (nSPS) is 14.7. The summed E-state index contributed by atoms with van der Waals surface area (Å²) < 4.78 is 6.42. The van der Waals surface area contributed by atoms with E-state index in [-0.39, 0.29) is 11.0 Å². The minimum Gasteiger partial charge on any atom is -0.487 e. The molecule has 0 saturated heterocycles. The Bertz CT molecular complexity index is 462. The van der Waals surface area contributed by atoms with Crippen molar-refractivity contribution in [3.63, 3.8) is 0 Å². The van der Waals surface area contributed by atoms with E-state index in [0.717, 1.165) is 18.6 Å². The molecule has 1 rings (SSSR count). The van der Waals surface area contributed by atoms with Gasteiger partial charge in [0.2, 0.25) is 0 Å². The molecule has 0 spiro atoms. The SMILES string of the molecule is CCCC(C)(CC)c1cc(C)c(OC(C)(CC)CC)c(C)c1. The Morgan fingerprint density at radius 2 is 1.36 bits per heavy atom. The number of rotatable bonds is 8. The summed E-state index contributed by atoms with van der Waals surface area (Å²) in [6.07, 6.45) is 5.72. The lowest BCUT2D eigenvalue weighted by Crippen LogP contribution is -2.31. The zero-order valence-corrected chi connectivity index (χ0v) is 16.1. The van der Waals surface area contributed by atoms with Gasteiger partial charge >= 0.3 is 0 Å². The number of benzene rings is 1. The fourth-order valence-corrected chi connectivity index (χ4v) is 3.18. The molecule has 0 amide bonds. The first-order chi connectivity index (χ1) is 10.2. The van der Waals surface area contributed by atoms with Crippen molar-refractivity contribution in [1.82, 2.24) is 0 Å². The molecule has 1 nitrogen and oxygen atoms in total. The van der Waals surface area contributed by atoms with E-state index < -0.39 is 0 Å².